The molecular weight excluding hydrogens is 672 g/mol. The van der Waals surface area contributed by atoms with Gasteiger partial charge in [0.2, 0.25) is 11.8 Å². The van der Waals surface area contributed by atoms with Crippen molar-refractivity contribution < 1.29 is 38.5 Å². The van der Waals surface area contributed by atoms with Gasteiger partial charge in [-0.2, -0.15) is 0 Å². The molecule has 0 bridgehead atoms. The fourth-order valence-electron chi connectivity index (χ4n) is 5.96. The van der Waals surface area contributed by atoms with Crippen molar-refractivity contribution in [3.63, 3.8) is 0 Å². The normalized spacial score (nSPS) is 18.3. The number of hydrogen-bond acceptors (Lipinski definition) is 8. The monoisotopic (exact) mass is 718 g/mol. The van der Waals surface area contributed by atoms with E-state index in [1.165, 1.54) is 0 Å². The summed E-state index contributed by atoms with van der Waals surface area (Å²) in [4.78, 5) is 53.5. The number of aliphatic hydroxyl groups excluding tert-OH is 1. The molecule has 0 radical (unpaired) electrons. The lowest BCUT2D eigenvalue weighted by Gasteiger charge is -2.24. The number of nitrogens with one attached hydrogen (secondary N) is 2. The molecule has 53 heavy (non-hydrogen) atoms. The maximum absolute atomic E-state index is 13.6. The summed E-state index contributed by atoms with van der Waals surface area (Å²) in [6.07, 6.45) is 4.73. The van der Waals surface area contributed by atoms with Crippen molar-refractivity contribution in [3.05, 3.63) is 150 Å². The first-order chi connectivity index (χ1) is 25.9. The van der Waals surface area contributed by atoms with Gasteiger partial charge in [-0.25, -0.2) is 4.79 Å². The van der Waals surface area contributed by atoms with E-state index in [2.05, 4.69) is 10.6 Å². The highest BCUT2D eigenvalue weighted by molar-refractivity contribution is 5.89. The molecule has 4 aromatic rings. The van der Waals surface area contributed by atoms with Crippen molar-refractivity contribution in [2.45, 2.75) is 57.4 Å². The molecule has 4 atom stereocenters. The fraction of sp³-hybridized carbons (Fsp3) is 0.302. The lowest BCUT2D eigenvalue weighted by molar-refractivity contribution is -0.157. The van der Waals surface area contributed by atoms with E-state index in [-0.39, 0.29) is 26.1 Å². The van der Waals surface area contributed by atoms with Crippen LogP contribution in [-0.2, 0) is 54.7 Å². The number of rotatable bonds is 14. The largest absolute Gasteiger partial charge is 0.489 e. The predicted molar refractivity (Wildman–Crippen MR) is 199 cm³/mol. The summed E-state index contributed by atoms with van der Waals surface area (Å²) < 4.78 is 17.0. The minimum absolute atomic E-state index is 0.0306. The summed E-state index contributed by atoms with van der Waals surface area (Å²) in [5.74, 6) is -2.91. The molecule has 10 nitrogen and oxygen atoms in total. The SMILES string of the molecule is O=C(C[C@H]1CC=CC[C@H](Cc2ccccc2)C(=O)OC[C@H](C(=O)OCc2ccccc2)NC1=O)N[C@H](CO)Cc1ccc(OCc2ccccc2)cc1. The van der Waals surface area contributed by atoms with Crippen molar-refractivity contribution in [1.29, 1.82) is 0 Å². The Labute approximate surface area is 310 Å². The van der Waals surface area contributed by atoms with Crippen LogP contribution in [0.15, 0.2) is 127 Å². The van der Waals surface area contributed by atoms with Gasteiger partial charge in [0, 0.05) is 6.42 Å². The molecule has 0 saturated carbocycles. The first kappa shape index (κ1) is 38.5. The molecular formula is C43H46N2O8. The maximum Gasteiger partial charge on any atom is 0.332 e. The van der Waals surface area contributed by atoms with Crippen molar-refractivity contribution in [2.75, 3.05) is 13.2 Å². The molecule has 0 aliphatic carbocycles. The summed E-state index contributed by atoms with van der Waals surface area (Å²) >= 11 is 0. The first-order valence-electron chi connectivity index (χ1n) is 17.9. The van der Waals surface area contributed by atoms with Crippen LogP contribution in [-0.4, -0.2) is 54.2 Å². The van der Waals surface area contributed by atoms with E-state index in [0.717, 1.165) is 22.3 Å². The van der Waals surface area contributed by atoms with Crippen LogP contribution < -0.4 is 15.4 Å². The second-order valence-electron chi connectivity index (χ2n) is 13.1. The Morgan fingerprint density at radius 2 is 1.34 bits per heavy atom. The third-order valence-electron chi connectivity index (χ3n) is 8.93. The third kappa shape index (κ3) is 12.8. The number of allylic oxidation sites excluding steroid dienone is 2. The molecule has 0 fully saturated rings. The standard InChI is InChI=1S/C43H46N2O8/c46-27-37(25-32-20-22-38(23-21-32)51-28-33-14-6-2-7-15-33)44-40(47)26-35-18-10-11-19-36(24-31-12-4-1-5-13-31)42(49)53-30-39(45-41(35)48)43(50)52-29-34-16-8-3-9-17-34/h1-17,20-23,35-37,39,46H,18-19,24-30H2,(H,44,47)(H,45,48)/t35-,36-,37+,39-/m1/s1. The highest BCUT2D eigenvalue weighted by Crippen LogP contribution is 2.20. The number of esters is 2. The van der Waals surface area contributed by atoms with Gasteiger partial charge in [-0.3, -0.25) is 14.4 Å². The Hall–Kier alpha value is -5.74. The Morgan fingerprint density at radius 1 is 0.755 bits per heavy atom. The van der Waals surface area contributed by atoms with Crippen molar-refractivity contribution in [1.82, 2.24) is 10.6 Å². The number of carbonyl (C=O) groups excluding carboxylic acids is 4. The Bertz CT molecular complexity index is 1780. The molecule has 4 aromatic carbocycles. The minimum atomic E-state index is -1.29. The summed E-state index contributed by atoms with van der Waals surface area (Å²) in [7, 11) is 0. The van der Waals surface area contributed by atoms with E-state index in [1.54, 1.807) is 18.2 Å². The maximum atomic E-state index is 13.6. The number of cyclic esters (lactones) is 1. The van der Waals surface area contributed by atoms with Crippen LogP contribution in [0.1, 0.15) is 41.5 Å². The van der Waals surface area contributed by atoms with Gasteiger partial charge in [-0.05, 0) is 60.1 Å². The van der Waals surface area contributed by atoms with Crippen molar-refractivity contribution in [2.24, 2.45) is 11.8 Å². The van der Waals surface area contributed by atoms with E-state index < -0.39 is 54.3 Å². The van der Waals surface area contributed by atoms with Gasteiger partial charge in [-0.1, -0.05) is 115 Å². The van der Waals surface area contributed by atoms with Gasteiger partial charge >= 0.3 is 11.9 Å². The van der Waals surface area contributed by atoms with Crippen molar-refractivity contribution in [3.8, 4) is 5.75 Å². The van der Waals surface area contributed by atoms with Gasteiger partial charge in [0.1, 0.15) is 25.6 Å². The Balaban J connectivity index is 1.23. The molecule has 1 aliphatic rings. The van der Waals surface area contributed by atoms with Crippen LogP contribution in [0.25, 0.3) is 0 Å². The average Bonchev–Trinajstić information content (AvgIpc) is 3.19. The second kappa shape index (κ2) is 20.3. The molecule has 10 heteroatoms. The summed E-state index contributed by atoms with van der Waals surface area (Å²) in [6.45, 7) is -0.321. The van der Waals surface area contributed by atoms with E-state index in [1.807, 2.05) is 109 Å². The number of carbonyl (C=O) groups is 4. The Kier molecular flexibility index (Phi) is 14.8. The molecule has 3 N–H and O–H groups in total. The number of aliphatic hydroxyl groups is 1. The number of amides is 2. The van der Waals surface area contributed by atoms with Gasteiger partial charge in [0.15, 0.2) is 6.04 Å². The molecule has 0 unspecified atom stereocenters. The van der Waals surface area contributed by atoms with Crippen LogP contribution >= 0.6 is 0 Å². The smallest absolute Gasteiger partial charge is 0.332 e. The predicted octanol–water partition coefficient (Wildman–Crippen LogP) is 5.27. The Morgan fingerprint density at radius 3 is 1.96 bits per heavy atom. The highest BCUT2D eigenvalue weighted by Gasteiger charge is 2.31. The molecule has 276 valence electrons. The lowest BCUT2D eigenvalue weighted by atomic mass is 9.94. The van der Waals surface area contributed by atoms with Gasteiger partial charge < -0.3 is 30.0 Å². The molecule has 1 aliphatic heterocycles. The molecule has 0 aromatic heterocycles. The van der Waals surface area contributed by atoms with E-state index in [0.29, 0.717) is 31.6 Å². The minimum Gasteiger partial charge on any atom is -0.489 e. The van der Waals surface area contributed by atoms with Gasteiger partial charge in [0.05, 0.1) is 24.5 Å². The fourth-order valence-corrected chi connectivity index (χ4v) is 5.96. The third-order valence-corrected chi connectivity index (χ3v) is 8.93. The molecule has 5 rings (SSSR count). The van der Waals surface area contributed by atoms with Crippen molar-refractivity contribution >= 4 is 23.8 Å². The average molecular weight is 719 g/mol. The topological polar surface area (TPSA) is 140 Å². The second-order valence-corrected chi connectivity index (χ2v) is 13.1. The van der Waals surface area contributed by atoms with Gasteiger partial charge in [0.25, 0.3) is 0 Å². The van der Waals surface area contributed by atoms with Crippen LogP contribution in [0.5, 0.6) is 5.75 Å². The zero-order valence-corrected chi connectivity index (χ0v) is 29.6. The van der Waals surface area contributed by atoms with Crippen LogP contribution in [0, 0.1) is 11.8 Å². The summed E-state index contributed by atoms with van der Waals surface area (Å²) in [5.41, 5.74) is 3.66. The molecule has 1 heterocycles. The highest BCUT2D eigenvalue weighted by atomic mass is 16.6. The van der Waals surface area contributed by atoms with E-state index >= 15 is 0 Å². The zero-order valence-electron chi connectivity index (χ0n) is 29.6. The quantitative estimate of drug-likeness (QED) is 0.118. The number of benzene rings is 4. The number of hydrogen-bond donors (Lipinski definition) is 3. The molecule has 0 spiro atoms. The van der Waals surface area contributed by atoms with Crippen LogP contribution in [0.4, 0.5) is 0 Å². The molecule has 0 saturated heterocycles. The van der Waals surface area contributed by atoms with Crippen LogP contribution in [0.2, 0.25) is 0 Å². The number of ether oxygens (including phenoxy) is 3. The first-order valence-corrected chi connectivity index (χ1v) is 17.9. The lowest BCUT2D eigenvalue weighted by Crippen LogP contribution is -2.49. The zero-order chi connectivity index (χ0) is 37.3. The van der Waals surface area contributed by atoms with Crippen LogP contribution in [0.3, 0.4) is 0 Å². The summed E-state index contributed by atoms with van der Waals surface area (Å²) in [5, 5.41) is 15.7. The molecule has 2 amide bonds. The van der Waals surface area contributed by atoms with Gasteiger partial charge in [-0.15, -0.1) is 0 Å². The van der Waals surface area contributed by atoms with E-state index in [9.17, 15) is 24.3 Å². The van der Waals surface area contributed by atoms with E-state index in [4.69, 9.17) is 14.2 Å². The summed E-state index contributed by atoms with van der Waals surface area (Å²) in [6, 6.07) is 34.1.